The highest BCUT2D eigenvalue weighted by Crippen LogP contribution is 2.65. The topological polar surface area (TPSA) is 108 Å². The van der Waals surface area contributed by atoms with Gasteiger partial charge in [0.15, 0.2) is 9.75 Å². The number of allylic oxidation sites excluding steroid dienone is 2. The number of nitrogens with zero attached hydrogens (tertiary/aromatic N) is 2. The fourth-order valence-electron chi connectivity index (χ4n) is 6.54. The second kappa shape index (κ2) is 8.93. The van der Waals surface area contributed by atoms with E-state index in [1.165, 1.54) is 0 Å². The van der Waals surface area contributed by atoms with Gasteiger partial charge in [-0.1, -0.05) is 39.2 Å². The highest BCUT2D eigenvalue weighted by Gasteiger charge is 2.76. The predicted molar refractivity (Wildman–Crippen MR) is 142 cm³/mol. The largest absolute Gasteiger partial charge is 0.463 e. The van der Waals surface area contributed by atoms with E-state index in [2.05, 4.69) is 15.9 Å². The summed E-state index contributed by atoms with van der Waals surface area (Å²) in [6.07, 6.45) is 1.95. The third kappa shape index (κ3) is 3.26. The zero-order valence-corrected chi connectivity index (χ0v) is 23.4. The smallest absolute Gasteiger partial charge is 0.254 e. The molecule has 0 bridgehead atoms. The highest BCUT2D eigenvalue weighted by atomic mass is 79.9. The van der Waals surface area contributed by atoms with Crippen molar-refractivity contribution in [3.63, 3.8) is 0 Å². The van der Waals surface area contributed by atoms with Crippen LogP contribution in [0.25, 0.3) is 0 Å². The van der Waals surface area contributed by atoms with Crippen LogP contribution in [0.15, 0.2) is 52.5 Å². The van der Waals surface area contributed by atoms with Gasteiger partial charge in [0, 0.05) is 5.02 Å². The Hall–Kier alpha value is -2.17. The van der Waals surface area contributed by atoms with Gasteiger partial charge in [0.25, 0.3) is 11.8 Å². The first kappa shape index (κ1) is 26.1. The number of furan rings is 1. The van der Waals surface area contributed by atoms with Crippen molar-refractivity contribution in [3.05, 3.63) is 64.6 Å². The lowest BCUT2D eigenvalue weighted by molar-refractivity contribution is -0.138. The molecular weight excluding hydrogens is 623 g/mol. The van der Waals surface area contributed by atoms with E-state index < -0.39 is 51.1 Å². The average molecular weight is 643 g/mol. The molecule has 1 aromatic heterocycles. The minimum absolute atomic E-state index is 0.113. The fourth-order valence-corrected chi connectivity index (χ4v) is 8.08. The predicted octanol–water partition coefficient (Wildman–Crippen LogP) is 4.34. The number of carbonyl (C=O) groups excluding carboxylic acids is 4. The molecule has 2 aromatic rings. The van der Waals surface area contributed by atoms with Gasteiger partial charge in [0.2, 0.25) is 11.8 Å². The van der Waals surface area contributed by atoms with Crippen LogP contribution in [-0.2, 0) is 25.8 Å². The lowest BCUT2D eigenvalue weighted by atomic mass is 9.57. The third-order valence-electron chi connectivity index (χ3n) is 8.22. The van der Waals surface area contributed by atoms with Gasteiger partial charge in [-0.25, -0.2) is 0 Å². The molecule has 6 atom stereocenters. The van der Waals surface area contributed by atoms with Gasteiger partial charge in [0.05, 0.1) is 28.9 Å². The molecule has 38 heavy (non-hydrogen) atoms. The zero-order chi connectivity index (χ0) is 27.1. The molecule has 2 aliphatic heterocycles. The van der Waals surface area contributed by atoms with Crippen molar-refractivity contribution in [3.8, 4) is 0 Å². The lowest BCUT2D eigenvalue weighted by Crippen LogP contribution is -2.60. The molecular formula is C26H20BrCl3N2O6. The van der Waals surface area contributed by atoms with Crippen molar-refractivity contribution < 1.29 is 28.7 Å². The number of aliphatic hydroxyl groups excluding tert-OH is 1. The second-order valence-electron chi connectivity index (χ2n) is 9.94. The van der Waals surface area contributed by atoms with Crippen molar-refractivity contribution in [2.45, 2.75) is 35.1 Å². The van der Waals surface area contributed by atoms with E-state index >= 15 is 0 Å². The number of halogens is 4. The molecule has 3 fully saturated rings. The SMILES string of the molecule is O=C1[C@H]2[C@H](CC=C3[C@H]2C[C@@]2(Cl)C(=O)N(CBr)C(=O)[C@@]2(Cl)[C@H]3c2ccc(CO)o2)C(=O)N1c1ccc(Cl)cc1. The maximum Gasteiger partial charge on any atom is 0.254 e. The van der Waals surface area contributed by atoms with Crippen molar-refractivity contribution in [2.75, 3.05) is 10.4 Å². The summed E-state index contributed by atoms with van der Waals surface area (Å²) in [5.41, 5.74) is 0.905. The summed E-state index contributed by atoms with van der Waals surface area (Å²) in [6, 6.07) is 9.55. The molecule has 2 aliphatic carbocycles. The number of amides is 4. The molecule has 198 valence electrons. The van der Waals surface area contributed by atoms with Gasteiger partial charge in [0.1, 0.15) is 18.1 Å². The van der Waals surface area contributed by atoms with E-state index in [0.29, 0.717) is 16.3 Å². The number of anilines is 1. The maximum atomic E-state index is 13.9. The zero-order valence-electron chi connectivity index (χ0n) is 19.6. The van der Waals surface area contributed by atoms with E-state index in [0.717, 1.165) is 9.80 Å². The minimum Gasteiger partial charge on any atom is -0.463 e. The summed E-state index contributed by atoms with van der Waals surface area (Å²) in [7, 11) is 0. The Bertz CT molecular complexity index is 1430. The van der Waals surface area contributed by atoms with Gasteiger partial charge in [-0.05, 0) is 55.2 Å². The van der Waals surface area contributed by atoms with Crippen LogP contribution in [0, 0.1) is 17.8 Å². The van der Waals surface area contributed by atoms with Crippen LogP contribution >= 0.6 is 50.7 Å². The minimum atomic E-state index is -1.94. The molecule has 1 N–H and O–H groups in total. The summed E-state index contributed by atoms with van der Waals surface area (Å²) in [5, 5.41) is 10.1. The number of hydrogen-bond acceptors (Lipinski definition) is 6. The molecule has 8 nitrogen and oxygen atoms in total. The number of rotatable bonds is 4. The Morgan fingerprint density at radius 2 is 1.71 bits per heavy atom. The average Bonchev–Trinajstić information content (AvgIpc) is 3.51. The molecule has 6 rings (SSSR count). The first-order valence-corrected chi connectivity index (χ1v) is 14.2. The van der Waals surface area contributed by atoms with Crippen molar-refractivity contribution in [1.82, 2.24) is 4.90 Å². The summed E-state index contributed by atoms with van der Waals surface area (Å²) in [6.45, 7) is -0.384. The van der Waals surface area contributed by atoms with E-state index in [4.69, 9.17) is 39.2 Å². The molecule has 4 aliphatic rings. The number of aliphatic hydroxyl groups is 1. The van der Waals surface area contributed by atoms with E-state index in [1.807, 2.05) is 6.08 Å². The van der Waals surface area contributed by atoms with Crippen molar-refractivity contribution in [2.24, 2.45) is 17.8 Å². The maximum absolute atomic E-state index is 13.9. The Kier molecular flexibility index (Phi) is 6.12. The van der Waals surface area contributed by atoms with Gasteiger partial charge in [-0.15, -0.1) is 23.2 Å². The number of imide groups is 2. The van der Waals surface area contributed by atoms with Crippen LogP contribution in [0.4, 0.5) is 5.69 Å². The van der Waals surface area contributed by atoms with E-state index in [9.17, 15) is 24.3 Å². The summed E-state index contributed by atoms with van der Waals surface area (Å²) < 4.78 is 5.85. The molecule has 0 radical (unpaired) electrons. The number of alkyl halides is 3. The van der Waals surface area contributed by atoms with Crippen molar-refractivity contribution in [1.29, 1.82) is 0 Å². The summed E-state index contributed by atoms with van der Waals surface area (Å²) in [5.74, 6) is -4.78. The van der Waals surface area contributed by atoms with Crippen LogP contribution in [-0.4, -0.2) is 48.8 Å². The number of carbonyl (C=O) groups is 4. The fraction of sp³-hybridized carbons (Fsp3) is 0.385. The van der Waals surface area contributed by atoms with Crippen molar-refractivity contribution >= 4 is 80.0 Å². The number of hydrogen-bond donors (Lipinski definition) is 1. The van der Waals surface area contributed by atoms with Crippen LogP contribution in [0.1, 0.15) is 30.3 Å². The highest BCUT2D eigenvalue weighted by molar-refractivity contribution is 9.09. The Balaban J connectivity index is 1.50. The summed E-state index contributed by atoms with van der Waals surface area (Å²) in [4.78, 5) is 52.8. The number of benzene rings is 1. The van der Waals surface area contributed by atoms with Crippen LogP contribution in [0.3, 0.4) is 0 Å². The van der Waals surface area contributed by atoms with Gasteiger partial charge in [-0.3, -0.25) is 29.0 Å². The molecule has 12 heteroatoms. The number of likely N-dealkylation sites (tertiary alicyclic amines) is 1. The Labute approximate surface area is 240 Å². The molecule has 0 spiro atoms. The van der Waals surface area contributed by atoms with Gasteiger partial charge < -0.3 is 9.52 Å². The quantitative estimate of drug-likeness (QED) is 0.230. The molecule has 0 unspecified atom stereocenters. The van der Waals surface area contributed by atoms with Gasteiger partial charge >= 0.3 is 0 Å². The normalized spacial score (nSPS) is 34.4. The Morgan fingerprint density at radius 3 is 2.34 bits per heavy atom. The first-order valence-electron chi connectivity index (χ1n) is 11.9. The second-order valence-corrected chi connectivity index (χ2v) is 12.1. The van der Waals surface area contributed by atoms with Crippen LogP contribution in [0.2, 0.25) is 5.02 Å². The first-order chi connectivity index (χ1) is 18.1. The van der Waals surface area contributed by atoms with E-state index in [-0.39, 0.29) is 42.3 Å². The number of fused-ring (bicyclic) bond motifs is 4. The van der Waals surface area contributed by atoms with E-state index in [1.54, 1.807) is 36.4 Å². The summed E-state index contributed by atoms with van der Waals surface area (Å²) >= 11 is 23.4. The lowest BCUT2D eigenvalue weighted by Gasteiger charge is -2.49. The standard InChI is InChI=1S/C26H20BrCl3N2O6/c27-11-31-23(36)25(29)9-17-15(20(26(25,30)24(31)37)18-8-5-14(10-33)38-18)6-7-16-19(17)22(35)32(21(16)34)13-3-1-12(28)2-4-13/h1-6,8,16-17,19-20,33H,7,9-11H2/t16-,17+,19-,20+,25+,26-/m0/s1. The van der Waals surface area contributed by atoms with Crippen LogP contribution < -0.4 is 4.90 Å². The van der Waals surface area contributed by atoms with Crippen LogP contribution in [0.5, 0.6) is 0 Å². The third-order valence-corrected chi connectivity index (χ3v) is 10.4. The molecule has 4 amide bonds. The molecule has 2 saturated heterocycles. The Morgan fingerprint density at radius 1 is 1.00 bits per heavy atom. The molecule has 3 heterocycles. The molecule has 1 saturated carbocycles. The van der Waals surface area contributed by atoms with Gasteiger partial charge in [-0.2, -0.15) is 0 Å². The monoisotopic (exact) mass is 640 g/mol. The molecule has 1 aromatic carbocycles.